The van der Waals surface area contributed by atoms with E-state index in [4.69, 9.17) is 0 Å². The Labute approximate surface area is 169 Å². The normalized spacial score (nSPS) is 14.2. The van der Waals surface area contributed by atoms with Crippen LogP contribution in [0.5, 0.6) is 0 Å². The first-order valence-electron chi connectivity index (χ1n) is 10.0. The first-order chi connectivity index (χ1) is 14.1. The maximum Gasteiger partial charge on any atom is 0.231 e. The third-order valence-electron chi connectivity index (χ3n) is 4.96. The summed E-state index contributed by atoms with van der Waals surface area (Å²) in [4.78, 5) is 31.6. The number of carbonyl (C=O) groups is 1. The maximum atomic E-state index is 11.8. The summed E-state index contributed by atoms with van der Waals surface area (Å²) in [5, 5.41) is 6.60. The van der Waals surface area contributed by atoms with E-state index in [1.165, 1.54) is 0 Å². The molecule has 1 amide bonds. The lowest BCUT2D eigenvalue weighted by Gasteiger charge is -2.16. The van der Waals surface area contributed by atoms with E-state index >= 15 is 0 Å². The average molecular weight is 394 g/mol. The van der Waals surface area contributed by atoms with Crippen molar-refractivity contribution < 1.29 is 4.79 Å². The Bertz CT molecular complexity index is 985. The molecule has 2 N–H and O–H groups in total. The molecule has 0 unspecified atom stereocenters. The summed E-state index contributed by atoms with van der Waals surface area (Å²) in [6.45, 7) is 6.53. The van der Waals surface area contributed by atoms with E-state index in [1.54, 1.807) is 18.7 Å². The van der Waals surface area contributed by atoms with Crippen LogP contribution in [-0.2, 0) is 4.79 Å². The fourth-order valence-electron chi connectivity index (χ4n) is 3.46. The second-order valence-electron chi connectivity index (χ2n) is 7.44. The fraction of sp³-hybridized carbons (Fsp3) is 0.450. The van der Waals surface area contributed by atoms with Gasteiger partial charge < -0.3 is 20.1 Å². The molecule has 29 heavy (non-hydrogen) atoms. The Morgan fingerprint density at radius 3 is 2.90 bits per heavy atom. The minimum Gasteiger partial charge on any atom is -0.368 e. The zero-order valence-electron chi connectivity index (χ0n) is 16.8. The maximum absolute atomic E-state index is 11.8. The summed E-state index contributed by atoms with van der Waals surface area (Å²) >= 11 is 0. The Kier molecular flexibility index (Phi) is 5.55. The van der Waals surface area contributed by atoms with Crippen LogP contribution in [0, 0.1) is 0 Å². The number of imidazole rings is 1. The molecular formula is C20H26N8O. The zero-order valence-corrected chi connectivity index (χ0v) is 16.8. The van der Waals surface area contributed by atoms with Gasteiger partial charge in [0.05, 0.1) is 18.2 Å². The molecule has 3 aromatic heterocycles. The highest BCUT2D eigenvalue weighted by Gasteiger charge is 2.19. The molecule has 4 rings (SSSR count). The van der Waals surface area contributed by atoms with Gasteiger partial charge in [-0.3, -0.25) is 9.78 Å². The van der Waals surface area contributed by atoms with Crippen molar-refractivity contribution in [3.63, 3.8) is 0 Å². The molecule has 4 heterocycles. The Morgan fingerprint density at radius 2 is 2.17 bits per heavy atom. The van der Waals surface area contributed by atoms with E-state index < -0.39 is 0 Å². The van der Waals surface area contributed by atoms with Crippen molar-refractivity contribution in [3.8, 4) is 0 Å². The van der Waals surface area contributed by atoms with Crippen molar-refractivity contribution in [2.24, 2.45) is 0 Å². The minimum absolute atomic E-state index is 0.232. The molecule has 9 nitrogen and oxygen atoms in total. The molecule has 1 saturated heterocycles. The monoisotopic (exact) mass is 394 g/mol. The molecule has 152 valence electrons. The Balaban J connectivity index is 1.53. The van der Waals surface area contributed by atoms with Crippen molar-refractivity contribution in [2.75, 3.05) is 30.3 Å². The summed E-state index contributed by atoms with van der Waals surface area (Å²) in [5.41, 5.74) is 2.34. The van der Waals surface area contributed by atoms with E-state index in [-0.39, 0.29) is 11.9 Å². The third kappa shape index (κ3) is 4.28. The van der Waals surface area contributed by atoms with Crippen molar-refractivity contribution in [3.05, 3.63) is 30.9 Å². The second kappa shape index (κ2) is 8.42. The number of aromatic nitrogens is 5. The van der Waals surface area contributed by atoms with E-state index in [2.05, 4.69) is 44.4 Å². The first-order valence-corrected chi connectivity index (χ1v) is 10.0. The molecular weight excluding hydrogens is 368 g/mol. The first kappa shape index (κ1) is 19.1. The predicted octanol–water partition coefficient (Wildman–Crippen LogP) is 2.97. The molecule has 0 radical (unpaired) electrons. The van der Waals surface area contributed by atoms with Gasteiger partial charge in [-0.1, -0.05) is 0 Å². The van der Waals surface area contributed by atoms with Gasteiger partial charge in [-0.2, -0.15) is 9.97 Å². The summed E-state index contributed by atoms with van der Waals surface area (Å²) in [6, 6.07) is 4.01. The molecule has 3 aromatic rings. The molecule has 0 aliphatic carbocycles. The van der Waals surface area contributed by atoms with Gasteiger partial charge in [0.2, 0.25) is 11.9 Å². The number of nitrogens with zero attached hydrogens (tertiary/aromatic N) is 6. The topological polar surface area (TPSA) is 101 Å². The summed E-state index contributed by atoms with van der Waals surface area (Å²) < 4.78 is 2.03. The van der Waals surface area contributed by atoms with Gasteiger partial charge in [-0.05, 0) is 38.8 Å². The molecule has 1 aliphatic heterocycles. The number of carbonyl (C=O) groups excluding carboxylic acids is 1. The predicted molar refractivity (Wildman–Crippen MR) is 112 cm³/mol. The molecule has 1 aliphatic rings. The van der Waals surface area contributed by atoms with Crippen LogP contribution in [0.2, 0.25) is 0 Å². The summed E-state index contributed by atoms with van der Waals surface area (Å²) in [6.07, 6.45) is 7.75. The fourth-order valence-corrected chi connectivity index (χ4v) is 3.46. The van der Waals surface area contributed by atoms with Gasteiger partial charge >= 0.3 is 0 Å². The molecule has 0 spiro atoms. The largest absolute Gasteiger partial charge is 0.368 e. The van der Waals surface area contributed by atoms with Crippen LogP contribution in [-0.4, -0.2) is 54.9 Å². The number of fused-ring (bicyclic) bond motifs is 1. The van der Waals surface area contributed by atoms with Gasteiger partial charge in [0.15, 0.2) is 17.0 Å². The third-order valence-corrected chi connectivity index (χ3v) is 4.96. The van der Waals surface area contributed by atoms with Crippen LogP contribution in [0.15, 0.2) is 30.9 Å². The van der Waals surface area contributed by atoms with Crippen LogP contribution in [0.3, 0.4) is 0 Å². The van der Waals surface area contributed by atoms with Crippen LogP contribution in [0.25, 0.3) is 11.2 Å². The number of hydrogen-bond donors (Lipinski definition) is 2. The van der Waals surface area contributed by atoms with Gasteiger partial charge in [-0.15, -0.1) is 0 Å². The molecule has 1 fully saturated rings. The zero-order chi connectivity index (χ0) is 20.2. The Morgan fingerprint density at radius 1 is 1.28 bits per heavy atom. The van der Waals surface area contributed by atoms with Crippen molar-refractivity contribution in [2.45, 2.75) is 39.2 Å². The molecule has 0 aromatic carbocycles. The number of nitrogens with one attached hydrogen (secondary N) is 2. The van der Waals surface area contributed by atoms with Gasteiger partial charge in [0.1, 0.15) is 0 Å². The summed E-state index contributed by atoms with van der Waals surface area (Å²) in [7, 11) is 0. The molecule has 0 atom stereocenters. The number of pyridine rings is 1. The van der Waals surface area contributed by atoms with Crippen LogP contribution in [0.1, 0.15) is 39.2 Å². The highest BCUT2D eigenvalue weighted by atomic mass is 16.2. The second-order valence-corrected chi connectivity index (χ2v) is 7.44. The van der Waals surface area contributed by atoms with Gasteiger partial charge in [0, 0.05) is 38.3 Å². The van der Waals surface area contributed by atoms with Crippen LogP contribution < -0.4 is 10.6 Å². The lowest BCUT2D eigenvalue weighted by atomic mass is 10.3. The quantitative estimate of drug-likeness (QED) is 0.566. The Hall–Kier alpha value is -3.23. The number of likely N-dealkylation sites (tertiary alicyclic amines) is 1. The smallest absolute Gasteiger partial charge is 0.231 e. The van der Waals surface area contributed by atoms with Gasteiger partial charge in [-0.25, -0.2) is 4.98 Å². The lowest BCUT2D eigenvalue weighted by molar-refractivity contribution is -0.127. The van der Waals surface area contributed by atoms with E-state index in [1.807, 2.05) is 21.6 Å². The molecule has 9 heteroatoms. The van der Waals surface area contributed by atoms with E-state index in [9.17, 15) is 4.79 Å². The SMILES string of the molecule is CC(C)n1cnc2c(NCCCN3CCCC3=O)nc(Nc3cccnc3)nc21. The van der Waals surface area contributed by atoms with Crippen molar-refractivity contribution in [1.82, 2.24) is 29.4 Å². The lowest BCUT2D eigenvalue weighted by Crippen LogP contribution is -2.27. The number of amides is 1. The average Bonchev–Trinajstić information content (AvgIpc) is 3.32. The standard InChI is InChI=1S/C20H26N8O/c1-14(2)28-13-23-17-18(22-9-5-11-27-10-4-7-16(27)29)25-20(26-19(17)28)24-15-6-3-8-21-12-15/h3,6,8,12-14H,4-5,7,9-11H2,1-2H3,(H2,22,24,25,26). The van der Waals surface area contributed by atoms with E-state index in [0.717, 1.165) is 42.8 Å². The number of anilines is 3. The van der Waals surface area contributed by atoms with Crippen LogP contribution >= 0.6 is 0 Å². The number of rotatable bonds is 8. The van der Waals surface area contributed by atoms with Gasteiger partial charge in [0.25, 0.3) is 0 Å². The minimum atomic E-state index is 0.232. The van der Waals surface area contributed by atoms with Crippen LogP contribution in [0.4, 0.5) is 17.5 Å². The number of hydrogen-bond acceptors (Lipinski definition) is 7. The van der Waals surface area contributed by atoms with E-state index in [0.29, 0.717) is 24.7 Å². The highest BCUT2D eigenvalue weighted by Crippen LogP contribution is 2.24. The summed E-state index contributed by atoms with van der Waals surface area (Å²) in [5.74, 6) is 1.44. The molecule has 0 bridgehead atoms. The van der Waals surface area contributed by atoms with Crippen molar-refractivity contribution in [1.29, 1.82) is 0 Å². The van der Waals surface area contributed by atoms with Crippen molar-refractivity contribution >= 4 is 34.5 Å². The highest BCUT2D eigenvalue weighted by molar-refractivity contribution is 5.84. The molecule has 0 saturated carbocycles.